The SMILES string of the molecule is CS(=O)(=O)Nc1ccc(-c2noc(C(c3ccccc3)C3CC3)n2)cc1. The minimum absolute atomic E-state index is 0.128. The maximum Gasteiger partial charge on any atom is 0.234 e. The Morgan fingerprint density at radius 1 is 1.08 bits per heavy atom. The zero-order valence-electron chi connectivity index (χ0n) is 14.3. The van der Waals surface area contributed by atoms with Crippen molar-refractivity contribution in [3.05, 3.63) is 66.1 Å². The van der Waals surface area contributed by atoms with Gasteiger partial charge in [0.05, 0.1) is 12.2 Å². The average molecular weight is 369 g/mol. The topological polar surface area (TPSA) is 85.1 Å². The van der Waals surface area contributed by atoms with Crippen molar-refractivity contribution in [2.45, 2.75) is 18.8 Å². The van der Waals surface area contributed by atoms with Gasteiger partial charge >= 0.3 is 0 Å². The van der Waals surface area contributed by atoms with E-state index in [2.05, 4.69) is 27.0 Å². The molecular weight excluding hydrogens is 350 g/mol. The van der Waals surface area contributed by atoms with Gasteiger partial charge in [0.15, 0.2) is 0 Å². The van der Waals surface area contributed by atoms with E-state index in [-0.39, 0.29) is 5.92 Å². The minimum Gasteiger partial charge on any atom is -0.338 e. The van der Waals surface area contributed by atoms with E-state index in [0.717, 1.165) is 11.8 Å². The van der Waals surface area contributed by atoms with Crippen LogP contribution in [0.4, 0.5) is 5.69 Å². The van der Waals surface area contributed by atoms with Crippen LogP contribution in [-0.2, 0) is 10.0 Å². The number of hydrogen-bond donors (Lipinski definition) is 1. The third-order valence-electron chi connectivity index (χ3n) is 4.41. The summed E-state index contributed by atoms with van der Waals surface area (Å²) < 4.78 is 30.6. The van der Waals surface area contributed by atoms with E-state index in [1.165, 1.54) is 18.4 Å². The maximum absolute atomic E-state index is 11.3. The second-order valence-electron chi connectivity index (χ2n) is 6.63. The first-order chi connectivity index (χ1) is 12.5. The number of sulfonamides is 1. The molecule has 1 unspecified atom stereocenters. The summed E-state index contributed by atoms with van der Waals surface area (Å²) in [6, 6.07) is 17.2. The number of nitrogens with zero attached hydrogens (tertiary/aromatic N) is 2. The fraction of sp³-hybridized carbons (Fsp3) is 0.263. The zero-order valence-corrected chi connectivity index (χ0v) is 15.1. The van der Waals surface area contributed by atoms with Gasteiger partial charge in [-0.05, 0) is 48.6 Å². The summed E-state index contributed by atoms with van der Waals surface area (Å²) in [5.74, 6) is 1.81. The maximum atomic E-state index is 11.3. The molecule has 1 aliphatic rings. The summed E-state index contributed by atoms with van der Waals surface area (Å²) in [7, 11) is -3.29. The van der Waals surface area contributed by atoms with Crippen LogP contribution in [0.1, 0.15) is 30.2 Å². The van der Waals surface area contributed by atoms with Crippen molar-refractivity contribution in [1.29, 1.82) is 0 Å². The van der Waals surface area contributed by atoms with Crippen molar-refractivity contribution in [2.24, 2.45) is 5.92 Å². The average Bonchev–Trinajstić information content (AvgIpc) is 3.32. The van der Waals surface area contributed by atoms with Gasteiger partial charge in [-0.3, -0.25) is 4.72 Å². The number of nitrogens with one attached hydrogen (secondary N) is 1. The van der Waals surface area contributed by atoms with Crippen LogP contribution >= 0.6 is 0 Å². The molecule has 134 valence electrons. The lowest BCUT2D eigenvalue weighted by atomic mass is 9.94. The standard InChI is InChI=1S/C19H19N3O3S/c1-26(23,24)22-16-11-9-15(10-12-16)18-20-19(25-21-18)17(14-7-8-14)13-5-3-2-4-6-13/h2-6,9-12,14,17,22H,7-8H2,1H3. The molecule has 0 amide bonds. The molecule has 1 atom stereocenters. The van der Waals surface area contributed by atoms with Gasteiger partial charge in [0.1, 0.15) is 0 Å². The fourth-order valence-electron chi connectivity index (χ4n) is 3.09. The number of benzene rings is 2. The molecule has 7 heteroatoms. The summed E-state index contributed by atoms with van der Waals surface area (Å²) in [4.78, 5) is 4.61. The Morgan fingerprint density at radius 3 is 2.38 bits per heavy atom. The van der Waals surface area contributed by atoms with Gasteiger partial charge in [0.25, 0.3) is 0 Å². The molecule has 0 saturated heterocycles. The van der Waals surface area contributed by atoms with E-state index in [1.54, 1.807) is 24.3 Å². The molecule has 4 rings (SSSR count). The smallest absolute Gasteiger partial charge is 0.234 e. The van der Waals surface area contributed by atoms with Crippen LogP contribution in [0.2, 0.25) is 0 Å². The predicted octanol–water partition coefficient (Wildman–Crippen LogP) is 3.65. The minimum atomic E-state index is -3.29. The molecule has 0 radical (unpaired) electrons. The van der Waals surface area contributed by atoms with Crippen LogP contribution < -0.4 is 4.72 Å². The molecule has 1 heterocycles. The van der Waals surface area contributed by atoms with E-state index in [1.807, 2.05) is 18.2 Å². The molecule has 2 aromatic carbocycles. The molecule has 0 aliphatic heterocycles. The molecule has 1 saturated carbocycles. The van der Waals surface area contributed by atoms with E-state index in [9.17, 15) is 8.42 Å². The van der Waals surface area contributed by atoms with Gasteiger partial charge in [-0.25, -0.2) is 8.42 Å². The number of rotatable bonds is 6. The first kappa shape index (κ1) is 16.8. The summed E-state index contributed by atoms with van der Waals surface area (Å²) in [5, 5.41) is 4.12. The first-order valence-electron chi connectivity index (χ1n) is 8.46. The predicted molar refractivity (Wildman–Crippen MR) is 99.2 cm³/mol. The molecule has 1 fully saturated rings. The molecule has 0 bridgehead atoms. The van der Waals surface area contributed by atoms with Crippen molar-refractivity contribution in [1.82, 2.24) is 10.1 Å². The van der Waals surface area contributed by atoms with E-state index < -0.39 is 10.0 Å². The molecule has 0 spiro atoms. The van der Waals surface area contributed by atoms with Crippen molar-refractivity contribution < 1.29 is 12.9 Å². The van der Waals surface area contributed by atoms with E-state index in [0.29, 0.717) is 23.3 Å². The number of aromatic nitrogens is 2. The summed E-state index contributed by atoms with van der Waals surface area (Å²) in [6.07, 6.45) is 3.46. The van der Waals surface area contributed by atoms with Gasteiger partial charge < -0.3 is 4.52 Å². The quantitative estimate of drug-likeness (QED) is 0.717. The Hall–Kier alpha value is -2.67. The lowest BCUT2D eigenvalue weighted by Crippen LogP contribution is -2.09. The van der Waals surface area contributed by atoms with Gasteiger partial charge in [0, 0.05) is 11.3 Å². The van der Waals surface area contributed by atoms with Crippen molar-refractivity contribution in [3.63, 3.8) is 0 Å². The number of anilines is 1. The van der Waals surface area contributed by atoms with Crippen LogP contribution in [-0.4, -0.2) is 24.8 Å². The van der Waals surface area contributed by atoms with Gasteiger partial charge in [0.2, 0.25) is 21.7 Å². The second-order valence-corrected chi connectivity index (χ2v) is 8.38. The van der Waals surface area contributed by atoms with Crippen LogP contribution in [0.15, 0.2) is 59.1 Å². The van der Waals surface area contributed by atoms with Crippen molar-refractivity contribution in [3.8, 4) is 11.4 Å². The molecule has 3 aromatic rings. The molecular formula is C19H19N3O3S. The lowest BCUT2D eigenvalue weighted by molar-refractivity contribution is 0.356. The summed E-state index contributed by atoms with van der Waals surface area (Å²) >= 11 is 0. The fourth-order valence-corrected chi connectivity index (χ4v) is 3.65. The largest absolute Gasteiger partial charge is 0.338 e. The second kappa shape index (κ2) is 6.57. The van der Waals surface area contributed by atoms with Crippen LogP contribution in [0.3, 0.4) is 0 Å². The Bertz CT molecular complexity index is 994. The van der Waals surface area contributed by atoms with Crippen LogP contribution in [0.25, 0.3) is 11.4 Å². The Kier molecular flexibility index (Phi) is 4.24. The Balaban J connectivity index is 1.59. The summed E-state index contributed by atoms with van der Waals surface area (Å²) in [6.45, 7) is 0. The zero-order chi connectivity index (χ0) is 18.1. The third-order valence-corrected chi connectivity index (χ3v) is 5.01. The Labute approximate surface area is 152 Å². The van der Waals surface area contributed by atoms with Crippen molar-refractivity contribution >= 4 is 15.7 Å². The van der Waals surface area contributed by atoms with Gasteiger partial charge in [-0.1, -0.05) is 35.5 Å². The van der Waals surface area contributed by atoms with E-state index >= 15 is 0 Å². The van der Waals surface area contributed by atoms with Crippen molar-refractivity contribution in [2.75, 3.05) is 11.0 Å². The van der Waals surface area contributed by atoms with Gasteiger partial charge in [-0.15, -0.1) is 0 Å². The van der Waals surface area contributed by atoms with Gasteiger partial charge in [-0.2, -0.15) is 4.98 Å². The molecule has 26 heavy (non-hydrogen) atoms. The monoisotopic (exact) mass is 369 g/mol. The highest BCUT2D eigenvalue weighted by molar-refractivity contribution is 7.92. The van der Waals surface area contributed by atoms with Crippen LogP contribution in [0.5, 0.6) is 0 Å². The molecule has 1 N–H and O–H groups in total. The van der Waals surface area contributed by atoms with Crippen LogP contribution in [0, 0.1) is 5.92 Å². The molecule has 1 aliphatic carbocycles. The third kappa shape index (κ3) is 3.77. The molecule has 6 nitrogen and oxygen atoms in total. The van der Waals surface area contributed by atoms with E-state index in [4.69, 9.17) is 4.52 Å². The summed E-state index contributed by atoms with van der Waals surface area (Å²) in [5.41, 5.74) is 2.47. The normalized spacial score (nSPS) is 15.6. The lowest BCUT2D eigenvalue weighted by Gasteiger charge is -2.11. The first-order valence-corrected chi connectivity index (χ1v) is 10.4. The number of hydrogen-bond acceptors (Lipinski definition) is 5. The highest BCUT2D eigenvalue weighted by atomic mass is 32.2. The highest BCUT2D eigenvalue weighted by Gasteiger charge is 2.37. The molecule has 1 aromatic heterocycles. The Morgan fingerprint density at radius 2 is 1.77 bits per heavy atom. The highest BCUT2D eigenvalue weighted by Crippen LogP contribution is 2.46.